The quantitative estimate of drug-likeness (QED) is 0.598. The summed E-state index contributed by atoms with van der Waals surface area (Å²) in [6.07, 6.45) is 5.72. The van der Waals surface area contributed by atoms with Crippen molar-refractivity contribution in [2.75, 3.05) is 0 Å². The summed E-state index contributed by atoms with van der Waals surface area (Å²) >= 11 is 2.00. The highest BCUT2D eigenvalue weighted by Crippen LogP contribution is 2.45. The van der Waals surface area contributed by atoms with Crippen LogP contribution in [-0.2, 0) is 17.3 Å². The average Bonchev–Trinajstić information content (AvgIpc) is 2.53. The molecule has 1 heteroatoms. The molecule has 88 valence electrons. The highest BCUT2D eigenvalue weighted by molar-refractivity contribution is 7.13. The van der Waals surface area contributed by atoms with E-state index in [2.05, 4.69) is 53.7 Å². The van der Waals surface area contributed by atoms with Gasteiger partial charge in [0.15, 0.2) is 0 Å². The maximum absolute atomic E-state index is 2.34. The van der Waals surface area contributed by atoms with Crippen molar-refractivity contribution in [3.63, 3.8) is 0 Å². The van der Waals surface area contributed by atoms with Gasteiger partial charge in [-0.3, -0.25) is 0 Å². The molecule has 16 heavy (non-hydrogen) atoms. The van der Waals surface area contributed by atoms with Crippen molar-refractivity contribution in [2.24, 2.45) is 0 Å². The lowest BCUT2D eigenvalue weighted by atomic mass is 9.78. The van der Waals surface area contributed by atoms with Crippen LogP contribution in [0, 0.1) is 0 Å². The predicted octanol–water partition coefficient (Wildman–Crippen LogP) is 4.91. The number of hydrogen-bond donors (Lipinski definition) is 0. The van der Waals surface area contributed by atoms with Gasteiger partial charge in [0, 0.05) is 9.75 Å². The van der Waals surface area contributed by atoms with Crippen LogP contribution in [0.25, 0.3) is 6.08 Å². The minimum absolute atomic E-state index is 0.263. The first-order valence-electron chi connectivity index (χ1n) is 6.04. The molecule has 0 saturated carbocycles. The molecule has 1 aromatic rings. The van der Waals surface area contributed by atoms with Crippen molar-refractivity contribution in [3.05, 3.63) is 27.0 Å². The third-order valence-electron chi connectivity index (χ3n) is 3.06. The lowest BCUT2D eigenvalue weighted by molar-refractivity contribution is 0.538. The van der Waals surface area contributed by atoms with E-state index in [1.54, 1.807) is 16.0 Å². The van der Waals surface area contributed by atoms with Gasteiger partial charge in [-0.15, -0.1) is 11.3 Å². The van der Waals surface area contributed by atoms with Gasteiger partial charge >= 0.3 is 0 Å². The van der Waals surface area contributed by atoms with Crippen molar-refractivity contribution in [1.29, 1.82) is 0 Å². The van der Waals surface area contributed by atoms with Gasteiger partial charge < -0.3 is 0 Å². The Hall–Kier alpha value is -0.560. The molecule has 0 nitrogen and oxygen atoms in total. The van der Waals surface area contributed by atoms with Crippen molar-refractivity contribution in [2.45, 2.75) is 58.8 Å². The topological polar surface area (TPSA) is 0 Å². The van der Waals surface area contributed by atoms with Gasteiger partial charge in [0.2, 0.25) is 0 Å². The van der Waals surface area contributed by atoms with E-state index in [0.717, 1.165) is 6.42 Å². The fraction of sp³-hybridized carbons (Fsp3) is 0.600. The molecule has 1 heterocycles. The molecule has 1 aliphatic rings. The Morgan fingerprint density at radius 1 is 1.00 bits per heavy atom. The Kier molecular flexibility index (Phi) is 2.58. The third-order valence-corrected chi connectivity index (χ3v) is 4.68. The summed E-state index contributed by atoms with van der Waals surface area (Å²) in [5.74, 6) is 0. The van der Waals surface area contributed by atoms with Crippen LogP contribution in [-0.4, -0.2) is 0 Å². The zero-order chi connectivity index (χ0) is 12.1. The number of allylic oxidation sites excluding steroid dienone is 1. The molecule has 0 amide bonds. The van der Waals surface area contributed by atoms with Crippen molar-refractivity contribution in [3.8, 4) is 0 Å². The maximum Gasteiger partial charge on any atom is 0.0308 e. The van der Waals surface area contributed by atoms with Crippen LogP contribution in [0.2, 0.25) is 0 Å². The fourth-order valence-corrected chi connectivity index (χ4v) is 3.96. The summed E-state index contributed by atoms with van der Waals surface area (Å²) in [4.78, 5) is 3.07. The maximum atomic E-state index is 2.34. The van der Waals surface area contributed by atoms with Crippen LogP contribution in [0.1, 0.15) is 62.4 Å². The lowest BCUT2D eigenvalue weighted by Crippen LogP contribution is -2.20. The molecule has 0 aliphatic heterocycles. The Morgan fingerprint density at radius 3 is 2.12 bits per heavy atom. The van der Waals surface area contributed by atoms with Crippen LogP contribution in [0.15, 0.2) is 6.08 Å². The smallest absolute Gasteiger partial charge is 0.0308 e. The molecule has 0 N–H and O–H groups in total. The van der Waals surface area contributed by atoms with E-state index < -0.39 is 0 Å². The molecule has 1 aliphatic carbocycles. The summed E-state index contributed by atoms with van der Waals surface area (Å²) < 4.78 is 0. The molecule has 0 fully saturated rings. The van der Waals surface area contributed by atoms with E-state index in [0.29, 0.717) is 0 Å². The van der Waals surface area contributed by atoms with Crippen LogP contribution in [0.5, 0.6) is 0 Å². The second kappa shape index (κ2) is 3.46. The van der Waals surface area contributed by atoms with Crippen LogP contribution in [0.4, 0.5) is 0 Å². The molecule has 0 saturated heterocycles. The lowest BCUT2D eigenvalue weighted by Gasteiger charge is -2.27. The number of fused-ring (bicyclic) bond motifs is 1. The monoisotopic (exact) mass is 234 g/mol. The van der Waals surface area contributed by atoms with E-state index in [-0.39, 0.29) is 10.8 Å². The Labute approximate surface area is 103 Å². The summed E-state index contributed by atoms with van der Waals surface area (Å²) in [5.41, 5.74) is 3.72. The molecule has 0 atom stereocenters. The van der Waals surface area contributed by atoms with Crippen LogP contribution < -0.4 is 0 Å². The van der Waals surface area contributed by atoms with Gasteiger partial charge in [-0.1, -0.05) is 47.6 Å². The van der Waals surface area contributed by atoms with E-state index in [4.69, 9.17) is 0 Å². The minimum atomic E-state index is 0.263. The number of rotatable bonds is 0. The molecule has 1 aromatic heterocycles. The van der Waals surface area contributed by atoms with E-state index in [9.17, 15) is 0 Å². The number of hydrogen-bond acceptors (Lipinski definition) is 1. The Balaban J connectivity index is 2.66. The normalized spacial score (nSPS) is 15.6. The SMILES string of the molecule is CC(C)(C)c1sc2c(c1C(C)(C)C)CC=C2. The highest BCUT2D eigenvalue weighted by Gasteiger charge is 2.32. The highest BCUT2D eigenvalue weighted by atomic mass is 32.1. The predicted molar refractivity (Wildman–Crippen MR) is 74.5 cm³/mol. The molecule has 0 bridgehead atoms. The van der Waals surface area contributed by atoms with Gasteiger partial charge in [-0.2, -0.15) is 0 Å². The van der Waals surface area contributed by atoms with Gasteiger partial charge in [0.1, 0.15) is 0 Å². The molecule has 0 aromatic carbocycles. The van der Waals surface area contributed by atoms with Crippen molar-refractivity contribution >= 4 is 17.4 Å². The molecule has 0 radical (unpaired) electrons. The summed E-state index contributed by atoms with van der Waals surface area (Å²) in [6.45, 7) is 14.0. The van der Waals surface area contributed by atoms with Gasteiger partial charge in [-0.25, -0.2) is 0 Å². The number of thiophene rings is 1. The molecule has 2 rings (SSSR count). The first-order valence-corrected chi connectivity index (χ1v) is 6.86. The Bertz CT molecular complexity index is 433. The molecular formula is C15H22S. The van der Waals surface area contributed by atoms with Gasteiger partial charge in [0.05, 0.1) is 0 Å². The van der Waals surface area contributed by atoms with Crippen molar-refractivity contribution < 1.29 is 0 Å². The van der Waals surface area contributed by atoms with E-state index in [1.807, 2.05) is 11.3 Å². The minimum Gasteiger partial charge on any atom is -0.140 e. The van der Waals surface area contributed by atoms with Crippen LogP contribution >= 0.6 is 11.3 Å². The second-order valence-corrected chi connectivity index (χ2v) is 7.81. The second-order valence-electron chi connectivity index (χ2n) is 6.76. The fourth-order valence-electron chi connectivity index (χ4n) is 2.43. The first-order chi connectivity index (χ1) is 7.21. The van der Waals surface area contributed by atoms with Gasteiger partial charge in [-0.05, 0) is 34.5 Å². The summed E-state index contributed by atoms with van der Waals surface area (Å²) in [7, 11) is 0. The molecule has 0 spiro atoms. The largest absolute Gasteiger partial charge is 0.140 e. The zero-order valence-corrected chi connectivity index (χ0v) is 12.1. The summed E-state index contributed by atoms with van der Waals surface area (Å²) in [6, 6.07) is 0. The standard InChI is InChI=1S/C15H22S/c1-14(2,3)12-10-8-7-9-11(10)16-13(12)15(4,5)6/h7,9H,8H2,1-6H3. The molecule has 0 unspecified atom stereocenters. The first kappa shape index (κ1) is 11.9. The van der Waals surface area contributed by atoms with Crippen molar-refractivity contribution in [1.82, 2.24) is 0 Å². The average molecular weight is 234 g/mol. The third kappa shape index (κ3) is 1.86. The van der Waals surface area contributed by atoms with E-state index in [1.165, 1.54) is 4.88 Å². The van der Waals surface area contributed by atoms with Crippen LogP contribution in [0.3, 0.4) is 0 Å². The Morgan fingerprint density at radius 2 is 1.62 bits per heavy atom. The van der Waals surface area contributed by atoms with E-state index >= 15 is 0 Å². The molecular weight excluding hydrogens is 212 g/mol. The van der Waals surface area contributed by atoms with Gasteiger partial charge in [0.25, 0.3) is 0 Å². The summed E-state index contributed by atoms with van der Waals surface area (Å²) in [5, 5.41) is 0. The zero-order valence-electron chi connectivity index (χ0n) is 11.3.